The SMILES string of the molecule is Cc1cc(S(=O)(=O)N2CC3CNCC3C2)sc1Cl. The third-order valence-electron chi connectivity index (χ3n) is 3.78. The van der Waals surface area contributed by atoms with E-state index < -0.39 is 10.0 Å². The number of fused-ring (bicyclic) bond motifs is 1. The second kappa shape index (κ2) is 4.45. The first-order valence-electron chi connectivity index (χ1n) is 5.95. The molecule has 18 heavy (non-hydrogen) atoms. The minimum absolute atomic E-state index is 0.373. The van der Waals surface area contributed by atoms with Gasteiger partial charge < -0.3 is 5.32 Å². The summed E-state index contributed by atoms with van der Waals surface area (Å²) < 4.78 is 27.5. The Kier molecular flexibility index (Phi) is 3.18. The Balaban J connectivity index is 1.87. The van der Waals surface area contributed by atoms with Gasteiger partial charge in [0.1, 0.15) is 4.21 Å². The summed E-state index contributed by atoms with van der Waals surface area (Å²) in [4.78, 5) is 0. The van der Waals surface area contributed by atoms with Crippen LogP contribution in [0.1, 0.15) is 5.56 Å². The molecule has 3 rings (SSSR count). The zero-order valence-corrected chi connectivity index (χ0v) is 12.4. The Hall–Kier alpha value is -0.140. The van der Waals surface area contributed by atoms with Gasteiger partial charge in [0.25, 0.3) is 10.0 Å². The first-order chi connectivity index (χ1) is 8.48. The number of sulfonamides is 1. The number of halogens is 1. The molecule has 2 fully saturated rings. The smallest absolute Gasteiger partial charge is 0.252 e. The summed E-state index contributed by atoms with van der Waals surface area (Å²) in [5.74, 6) is 0.938. The van der Waals surface area contributed by atoms with E-state index in [1.807, 2.05) is 6.92 Å². The van der Waals surface area contributed by atoms with Gasteiger partial charge in [-0.25, -0.2) is 8.42 Å². The van der Waals surface area contributed by atoms with Crippen molar-refractivity contribution >= 4 is 33.0 Å². The van der Waals surface area contributed by atoms with Crippen LogP contribution in [0.4, 0.5) is 0 Å². The van der Waals surface area contributed by atoms with Gasteiger partial charge in [0.05, 0.1) is 4.34 Å². The molecule has 0 bridgehead atoms. The van der Waals surface area contributed by atoms with Crippen LogP contribution >= 0.6 is 22.9 Å². The van der Waals surface area contributed by atoms with Gasteiger partial charge in [-0.3, -0.25) is 0 Å². The zero-order chi connectivity index (χ0) is 12.9. The molecule has 1 aromatic rings. The van der Waals surface area contributed by atoms with Crippen molar-refractivity contribution in [2.45, 2.75) is 11.1 Å². The Morgan fingerprint density at radius 3 is 2.50 bits per heavy atom. The largest absolute Gasteiger partial charge is 0.316 e. The summed E-state index contributed by atoms with van der Waals surface area (Å²) in [6.45, 7) is 4.96. The molecule has 0 aromatic carbocycles. The molecule has 2 aliphatic rings. The van der Waals surface area contributed by atoms with Crippen molar-refractivity contribution in [1.29, 1.82) is 0 Å². The molecule has 0 aliphatic carbocycles. The third kappa shape index (κ3) is 2.00. The van der Waals surface area contributed by atoms with E-state index in [1.54, 1.807) is 10.4 Å². The molecule has 2 aliphatic heterocycles. The van der Waals surface area contributed by atoms with Crippen molar-refractivity contribution < 1.29 is 8.42 Å². The number of nitrogens with zero attached hydrogens (tertiary/aromatic N) is 1. The molecular formula is C11H15ClN2O2S2. The van der Waals surface area contributed by atoms with Crippen LogP contribution < -0.4 is 5.32 Å². The van der Waals surface area contributed by atoms with Crippen LogP contribution in [-0.4, -0.2) is 38.9 Å². The highest BCUT2D eigenvalue weighted by molar-refractivity contribution is 7.91. The fourth-order valence-corrected chi connectivity index (χ4v) is 6.11. The van der Waals surface area contributed by atoms with Gasteiger partial charge in [0.15, 0.2) is 0 Å². The van der Waals surface area contributed by atoms with E-state index in [9.17, 15) is 8.42 Å². The van der Waals surface area contributed by atoms with Crippen LogP contribution in [0.25, 0.3) is 0 Å². The molecule has 100 valence electrons. The maximum atomic E-state index is 12.5. The predicted octanol–water partition coefficient (Wildman–Crippen LogP) is 1.55. The minimum atomic E-state index is -3.34. The molecule has 4 nitrogen and oxygen atoms in total. The number of hydrogen-bond acceptors (Lipinski definition) is 4. The van der Waals surface area contributed by atoms with E-state index in [0.29, 0.717) is 33.5 Å². The highest BCUT2D eigenvalue weighted by Gasteiger charge is 2.42. The standard InChI is InChI=1S/C11H15ClN2O2S2/c1-7-2-10(17-11(7)12)18(15,16)14-5-8-3-13-4-9(8)6-14/h2,8-9,13H,3-6H2,1H3. The van der Waals surface area contributed by atoms with Crippen LogP contribution in [0, 0.1) is 18.8 Å². The third-order valence-corrected chi connectivity index (χ3v) is 7.62. The summed E-state index contributed by atoms with van der Waals surface area (Å²) in [5, 5.41) is 3.31. The lowest BCUT2D eigenvalue weighted by molar-refractivity contribution is 0.449. The predicted molar refractivity (Wildman–Crippen MR) is 72.7 cm³/mol. The molecule has 3 heterocycles. The average molecular weight is 307 g/mol. The Bertz CT molecular complexity index is 538. The number of aryl methyl sites for hydroxylation is 1. The fraction of sp³-hybridized carbons (Fsp3) is 0.636. The highest BCUT2D eigenvalue weighted by atomic mass is 35.5. The van der Waals surface area contributed by atoms with E-state index >= 15 is 0 Å². The van der Waals surface area contributed by atoms with Crippen LogP contribution in [0.5, 0.6) is 0 Å². The molecule has 0 saturated carbocycles. The molecule has 0 radical (unpaired) electrons. The van der Waals surface area contributed by atoms with E-state index in [1.165, 1.54) is 0 Å². The summed E-state index contributed by atoms with van der Waals surface area (Å²) in [7, 11) is -3.34. The highest BCUT2D eigenvalue weighted by Crippen LogP contribution is 2.35. The molecule has 1 aromatic heterocycles. The lowest BCUT2D eigenvalue weighted by Gasteiger charge is -2.15. The summed E-state index contributed by atoms with van der Waals surface area (Å²) >= 11 is 7.12. The minimum Gasteiger partial charge on any atom is -0.316 e. The maximum Gasteiger partial charge on any atom is 0.252 e. The first kappa shape index (κ1) is 12.9. The van der Waals surface area contributed by atoms with Crippen molar-refractivity contribution in [2.24, 2.45) is 11.8 Å². The summed E-state index contributed by atoms with van der Waals surface area (Å²) in [6.07, 6.45) is 0. The van der Waals surface area contributed by atoms with Crippen LogP contribution in [-0.2, 0) is 10.0 Å². The van der Waals surface area contributed by atoms with Gasteiger partial charge in [-0.1, -0.05) is 11.6 Å². The molecule has 0 spiro atoms. The molecule has 2 saturated heterocycles. The van der Waals surface area contributed by atoms with E-state index in [0.717, 1.165) is 30.0 Å². The van der Waals surface area contributed by atoms with E-state index in [2.05, 4.69) is 5.32 Å². The van der Waals surface area contributed by atoms with Crippen molar-refractivity contribution in [1.82, 2.24) is 9.62 Å². The lowest BCUT2D eigenvalue weighted by Crippen LogP contribution is -2.31. The van der Waals surface area contributed by atoms with Crippen molar-refractivity contribution in [3.05, 3.63) is 16.0 Å². The molecule has 2 atom stereocenters. The van der Waals surface area contributed by atoms with Crippen molar-refractivity contribution in [3.8, 4) is 0 Å². The monoisotopic (exact) mass is 306 g/mol. The Morgan fingerprint density at radius 1 is 1.39 bits per heavy atom. The topological polar surface area (TPSA) is 49.4 Å². The van der Waals surface area contributed by atoms with Crippen molar-refractivity contribution in [3.63, 3.8) is 0 Å². The summed E-state index contributed by atoms with van der Waals surface area (Å²) in [6, 6.07) is 1.68. The van der Waals surface area contributed by atoms with Gasteiger partial charge >= 0.3 is 0 Å². The molecule has 7 heteroatoms. The van der Waals surface area contributed by atoms with Crippen molar-refractivity contribution in [2.75, 3.05) is 26.2 Å². The van der Waals surface area contributed by atoms with Gasteiger partial charge in [-0.05, 0) is 43.5 Å². The lowest BCUT2D eigenvalue weighted by atomic mass is 10.0. The quantitative estimate of drug-likeness (QED) is 0.902. The first-order valence-corrected chi connectivity index (χ1v) is 8.59. The number of thiophene rings is 1. The molecule has 0 amide bonds. The van der Waals surface area contributed by atoms with Crippen LogP contribution in [0.3, 0.4) is 0 Å². The summed E-state index contributed by atoms with van der Waals surface area (Å²) in [5.41, 5.74) is 0.835. The Labute approximate surface area is 116 Å². The van der Waals surface area contributed by atoms with Crippen LogP contribution in [0.15, 0.2) is 10.3 Å². The molecule has 2 unspecified atom stereocenters. The van der Waals surface area contributed by atoms with Gasteiger partial charge in [0, 0.05) is 13.1 Å². The second-order valence-corrected chi connectivity index (χ2v) is 8.84. The maximum absolute atomic E-state index is 12.5. The number of hydrogen-bond donors (Lipinski definition) is 1. The number of nitrogens with one attached hydrogen (secondary N) is 1. The zero-order valence-electron chi connectivity index (χ0n) is 10.0. The molecular weight excluding hydrogens is 292 g/mol. The van der Waals surface area contributed by atoms with E-state index in [-0.39, 0.29) is 0 Å². The van der Waals surface area contributed by atoms with Gasteiger partial charge in [0.2, 0.25) is 0 Å². The number of rotatable bonds is 2. The Morgan fingerprint density at radius 2 is 2.00 bits per heavy atom. The van der Waals surface area contributed by atoms with Crippen LogP contribution in [0.2, 0.25) is 4.34 Å². The normalized spacial score (nSPS) is 28.8. The average Bonchev–Trinajstić information content (AvgIpc) is 2.93. The fourth-order valence-electron chi connectivity index (χ4n) is 2.69. The second-order valence-electron chi connectivity index (χ2n) is 5.02. The van der Waals surface area contributed by atoms with E-state index in [4.69, 9.17) is 11.6 Å². The molecule has 1 N–H and O–H groups in total. The van der Waals surface area contributed by atoms with Gasteiger partial charge in [-0.15, -0.1) is 11.3 Å². The van der Waals surface area contributed by atoms with Gasteiger partial charge in [-0.2, -0.15) is 4.31 Å².